The molecule has 1 aliphatic carbocycles. The Labute approximate surface area is 157 Å². The number of ether oxygens (including phenoxy) is 1. The lowest BCUT2D eigenvalue weighted by atomic mass is 9.81. The van der Waals surface area contributed by atoms with Crippen LogP contribution in [0.2, 0.25) is 0 Å². The van der Waals surface area contributed by atoms with Crippen molar-refractivity contribution < 1.29 is 4.74 Å². The smallest absolute Gasteiger partial charge is 0.159 e. The molecule has 1 aliphatic heterocycles. The lowest BCUT2D eigenvalue weighted by Gasteiger charge is -2.29. The molecule has 4 rings (SSSR count). The summed E-state index contributed by atoms with van der Waals surface area (Å²) >= 11 is 0. The summed E-state index contributed by atoms with van der Waals surface area (Å²) in [5.74, 6) is 1.72. The molecule has 0 spiro atoms. The molecule has 2 aromatic carbocycles. The molecule has 0 aromatic heterocycles. The molecule has 0 atom stereocenters. The van der Waals surface area contributed by atoms with E-state index in [2.05, 4.69) is 60.0 Å². The molecule has 0 unspecified atom stereocenters. The minimum Gasteiger partial charge on any atom is -0.471 e. The molecule has 3 nitrogen and oxygen atoms in total. The Balaban J connectivity index is 1.18. The van der Waals surface area contributed by atoms with Gasteiger partial charge in [0.15, 0.2) is 6.73 Å². The van der Waals surface area contributed by atoms with Gasteiger partial charge in [0.25, 0.3) is 0 Å². The van der Waals surface area contributed by atoms with Crippen LogP contribution >= 0.6 is 0 Å². The van der Waals surface area contributed by atoms with E-state index in [0.29, 0.717) is 18.7 Å². The highest BCUT2D eigenvalue weighted by Crippen LogP contribution is 2.38. The summed E-state index contributed by atoms with van der Waals surface area (Å²) in [4.78, 5) is 0. The average molecular weight is 351 g/mol. The van der Waals surface area contributed by atoms with Crippen molar-refractivity contribution in [2.45, 2.75) is 57.4 Å². The fourth-order valence-corrected chi connectivity index (χ4v) is 4.23. The lowest BCUT2D eigenvalue weighted by molar-refractivity contribution is 0.340. The van der Waals surface area contributed by atoms with Crippen LogP contribution in [0, 0.1) is 6.92 Å². The van der Waals surface area contributed by atoms with E-state index in [1.807, 2.05) is 0 Å². The van der Waals surface area contributed by atoms with Gasteiger partial charge in [0.2, 0.25) is 0 Å². The summed E-state index contributed by atoms with van der Waals surface area (Å²) in [7, 11) is 0. The van der Waals surface area contributed by atoms with E-state index in [-0.39, 0.29) is 0 Å². The second kappa shape index (κ2) is 8.13. The average Bonchev–Trinajstić information content (AvgIpc) is 3.15. The summed E-state index contributed by atoms with van der Waals surface area (Å²) in [6, 6.07) is 16.3. The first-order chi connectivity index (χ1) is 12.8. The minimum atomic E-state index is 0.609. The molecule has 2 aromatic rings. The Bertz CT molecular complexity index is 717. The molecular weight excluding hydrogens is 320 g/mol. The third-order valence-corrected chi connectivity index (χ3v) is 5.89. The highest BCUT2D eigenvalue weighted by Gasteiger charge is 2.23. The normalized spacial score (nSPS) is 21.7. The first-order valence-electron chi connectivity index (χ1n) is 10.1. The standard InChI is InChI=1S/C23H30N2O/c1-17-4-6-18(7-5-17)3-2-14-24-21-11-8-19(9-12-21)20-10-13-22-23(15-20)26-16-25-22/h4-7,10,13,15,19,21,24-25H,2-3,8-9,11-12,14,16H2,1H3. The summed E-state index contributed by atoms with van der Waals surface area (Å²) in [5.41, 5.74) is 5.38. The number of benzene rings is 2. The van der Waals surface area contributed by atoms with E-state index in [1.165, 1.54) is 55.2 Å². The molecule has 0 radical (unpaired) electrons. The van der Waals surface area contributed by atoms with E-state index in [9.17, 15) is 0 Å². The van der Waals surface area contributed by atoms with Gasteiger partial charge in [-0.05, 0) is 81.2 Å². The van der Waals surface area contributed by atoms with Crippen LogP contribution in [0.4, 0.5) is 5.69 Å². The van der Waals surface area contributed by atoms with E-state index in [0.717, 1.165) is 18.0 Å². The Morgan fingerprint density at radius 3 is 2.65 bits per heavy atom. The third kappa shape index (κ3) is 4.21. The number of rotatable bonds is 6. The Morgan fingerprint density at radius 1 is 1.04 bits per heavy atom. The van der Waals surface area contributed by atoms with Gasteiger partial charge in [-0.3, -0.25) is 0 Å². The second-order valence-electron chi connectivity index (χ2n) is 7.81. The molecule has 138 valence electrons. The Hall–Kier alpha value is -2.00. The third-order valence-electron chi connectivity index (χ3n) is 5.89. The van der Waals surface area contributed by atoms with Crippen LogP contribution in [0.5, 0.6) is 5.75 Å². The second-order valence-corrected chi connectivity index (χ2v) is 7.81. The van der Waals surface area contributed by atoms with E-state index in [4.69, 9.17) is 4.74 Å². The minimum absolute atomic E-state index is 0.609. The molecule has 26 heavy (non-hydrogen) atoms. The maximum Gasteiger partial charge on any atom is 0.159 e. The maximum absolute atomic E-state index is 5.64. The van der Waals surface area contributed by atoms with Crippen LogP contribution in [0.15, 0.2) is 42.5 Å². The van der Waals surface area contributed by atoms with Crippen molar-refractivity contribution in [2.24, 2.45) is 0 Å². The van der Waals surface area contributed by atoms with Crippen LogP contribution in [0.3, 0.4) is 0 Å². The Morgan fingerprint density at radius 2 is 1.85 bits per heavy atom. The molecular formula is C23H30N2O. The van der Waals surface area contributed by atoms with Crippen molar-refractivity contribution in [2.75, 3.05) is 18.6 Å². The summed E-state index contributed by atoms with van der Waals surface area (Å²) in [5, 5.41) is 7.03. The monoisotopic (exact) mass is 350 g/mol. The van der Waals surface area contributed by atoms with Crippen LogP contribution in [-0.4, -0.2) is 19.3 Å². The van der Waals surface area contributed by atoms with Gasteiger partial charge in [0.05, 0.1) is 5.69 Å². The topological polar surface area (TPSA) is 33.3 Å². The van der Waals surface area contributed by atoms with Crippen molar-refractivity contribution in [1.82, 2.24) is 5.32 Å². The van der Waals surface area contributed by atoms with Crippen LogP contribution in [0.1, 0.15) is 54.7 Å². The molecule has 3 heteroatoms. The molecule has 0 bridgehead atoms. The molecule has 1 saturated carbocycles. The van der Waals surface area contributed by atoms with E-state index >= 15 is 0 Å². The fourth-order valence-electron chi connectivity index (χ4n) is 4.23. The van der Waals surface area contributed by atoms with Crippen LogP contribution in [0.25, 0.3) is 0 Å². The van der Waals surface area contributed by atoms with Gasteiger partial charge in [-0.25, -0.2) is 0 Å². The summed E-state index contributed by atoms with van der Waals surface area (Å²) in [6.45, 7) is 3.88. The molecule has 1 fully saturated rings. The number of hydrogen-bond donors (Lipinski definition) is 2. The van der Waals surface area contributed by atoms with Crippen LogP contribution < -0.4 is 15.4 Å². The van der Waals surface area contributed by atoms with Crippen molar-refractivity contribution >= 4 is 5.69 Å². The zero-order chi connectivity index (χ0) is 17.8. The number of hydrogen-bond acceptors (Lipinski definition) is 3. The van der Waals surface area contributed by atoms with Gasteiger partial charge in [-0.15, -0.1) is 0 Å². The zero-order valence-corrected chi connectivity index (χ0v) is 15.8. The first kappa shape index (κ1) is 17.4. The van der Waals surface area contributed by atoms with Gasteiger partial charge in [-0.1, -0.05) is 35.9 Å². The van der Waals surface area contributed by atoms with E-state index in [1.54, 1.807) is 0 Å². The summed E-state index contributed by atoms with van der Waals surface area (Å²) in [6.07, 6.45) is 7.52. The first-order valence-corrected chi connectivity index (χ1v) is 10.1. The highest BCUT2D eigenvalue weighted by atomic mass is 16.5. The van der Waals surface area contributed by atoms with Gasteiger partial charge in [0.1, 0.15) is 5.75 Å². The van der Waals surface area contributed by atoms with Crippen molar-refractivity contribution in [3.63, 3.8) is 0 Å². The van der Waals surface area contributed by atoms with Gasteiger partial charge in [-0.2, -0.15) is 0 Å². The van der Waals surface area contributed by atoms with Gasteiger partial charge in [0, 0.05) is 6.04 Å². The Kier molecular flexibility index (Phi) is 5.45. The van der Waals surface area contributed by atoms with Crippen molar-refractivity contribution in [3.05, 3.63) is 59.2 Å². The predicted octanol–water partition coefficient (Wildman–Crippen LogP) is 5.01. The highest BCUT2D eigenvalue weighted by molar-refractivity contribution is 5.60. The molecule has 1 heterocycles. The number of nitrogens with one attached hydrogen (secondary N) is 2. The van der Waals surface area contributed by atoms with Crippen LogP contribution in [-0.2, 0) is 6.42 Å². The zero-order valence-electron chi connectivity index (χ0n) is 15.8. The van der Waals surface area contributed by atoms with Crippen molar-refractivity contribution in [1.29, 1.82) is 0 Å². The number of anilines is 1. The van der Waals surface area contributed by atoms with Gasteiger partial charge < -0.3 is 15.4 Å². The number of fused-ring (bicyclic) bond motifs is 1. The molecule has 0 amide bonds. The van der Waals surface area contributed by atoms with E-state index < -0.39 is 0 Å². The fraction of sp³-hybridized carbons (Fsp3) is 0.478. The SMILES string of the molecule is Cc1ccc(CCCNC2CCC(c3ccc4c(c3)OCN4)CC2)cc1. The molecule has 0 saturated heterocycles. The largest absolute Gasteiger partial charge is 0.471 e. The lowest BCUT2D eigenvalue weighted by Crippen LogP contribution is -2.33. The van der Waals surface area contributed by atoms with Gasteiger partial charge >= 0.3 is 0 Å². The molecule has 2 aliphatic rings. The molecule has 2 N–H and O–H groups in total. The predicted molar refractivity (Wildman–Crippen MR) is 108 cm³/mol. The number of aryl methyl sites for hydroxylation is 2. The maximum atomic E-state index is 5.64. The quantitative estimate of drug-likeness (QED) is 0.719. The van der Waals surface area contributed by atoms with Crippen molar-refractivity contribution in [3.8, 4) is 5.75 Å². The summed E-state index contributed by atoms with van der Waals surface area (Å²) < 4.78 is 5.64.